The van der Waals surface area contributed by atoms with Crippen LogP contribution in [0.5, 0.6) is 11.5 Å². The number of hydrogen-bond donors (Lipinski definition) is 1. The Hall–Kier alpha value is -2.96. The van der Waals surface area contributed by atoms with Crippen LogP contribution in [0.1, 0.15) is 39.5 Å². The van der Waals surface area contributed by atoms with E-state index in [1.807, 2.05) is 24.3 Å². The molecule has 6 nitrogen and oxygen atoms in total. The highest BCUT2D eigenvalue weighted by Crippen LogP contribution is 2.37. The Bertz CT molecular complexity index is 979. The van der Waals surface area contributed by atoms with Crippen LogP contribution in [-0.4, -0.2) is 50.0 Å². The first-order chi connectivity index (χ1) is 15.8. The minimum Gasteiger partial charge on any atom is -0.497 e. The summed E-state index contributed by atoms with van der Waals surface area (Å²) in [7, 11) is 1.59. The van der Waals surface area contributed by atoms with Crippen molar-refractivity contribution in [1.82, 2.24) is 0 Å². The number of carbonyl (C=O) groups is 1. The van der Waals surface area contributed by atoms with E-state index in [-0.39, 0.29) is 29.8 Å². The van der Waals surface area contributed by atoms with E-state index >= 15 is 0 Å². The number of hydrogen-bond acceptors (Lipinski definition) is 5. The zero-order chi connectivity index (χ0) is 23.6. The Labute approximate surface area is 194 Å². The molecule has 2 atom stereocenters. The standard InChI is InChI=1S/C26H33FN2O4/c1-26(2)17-28(23-16-21(32-3)10-11-22(23)27)14-12-24(26)33-20-8-6-18(7-9-20)29-13-4-5-19(29)15-25(30)31/h6-11,16,19,24H,4-5,12-15,17H2,1-3H3,(H,30,31)/t19-,24?/m1/s1. The molecule has 0 bridgehead atoms. The lowest BCUT2D eigenvalue weighted by Crippen LogP contribution is -2.51. The maximum atomic E-state index is 14.5. The average Bonchev–Trinajstić information content (AvgIpc) is 3.23. The molecule has 0 aliphatic carbocycles. The van der Waals surface area contributed by atoms with Crippen molar-refractivity contribution in [2.45, 2.75) is 51.7 Å². The van der Waals surface area contributed by atoms with Crippen LogP contribution in [0, 0.1) is 11.2 Å². The van der Waals surface area contributed by atoms with Crippen LogP contribution in [0.3, 0.4) is 0 Å². The van der Waals surface area contributed by atoms with Crippen molar-refractivity contribution in [2.75, 3.05) is 36.5 Å². The third kappa shape index (κ3) is 5.18. The minimum absolute atomic E-state index is 0.000172. The Kier molecular flexibility index (Phi) is 6.68. The third-order valence-electron chi connectivity index (χ3n) is 6.86. The van der Waals surface area contributed by atoms with E-state index in [1.54, 1.807) is 19.2 Å². The molecule has 0 amide bonds. The predicted octanol–water partition coefficient (Wildman–Crippen LogP) is 4.96. The Morgan fingerprint density at radius 1 is 1.12 bits per heavy atom. The van der Waals surface area contributed by atoms with Gasteiger partial charge >= 0.3 is 5.97 Å². The Morgan fingerprint density at radius 2 is 1.85 bits per heavy atom. The van der Waals surface area contributed by atoms with E-state index < -0.39 is 5.97 Å². The average molecular weight is 457 g/mol. The molecule has 0 saturated carbocycles. The number of anilines is 2. The van der Waals surface area contributed by atoms with Gasteiger partial charge in [-0.1, -0.05) is 13.8 Å². The maximum Gasteiger partial charge on any atom is 0.305 e. The van der Waals surface area contributed by atoms with Gasteiger partial charge in [-0.25, -0.2) is 4.39 Å². The van der Waals surface area contributed by atoms with Gasteiger partial charge in [0.25, 0.3) is 0 Å². The lowest BCUT2D eigenvalue weighted by molar-refractivity contribution is -0.137. The summed E-state index contributed by atoms with van der Waals surface area (Å²) >= 11 is 0. The second-order valence-corrected chi connectivity index (χ2v) is 9.70. The number of aliphatic carboxylic acids is 1. The number of ether oxygens (including phenoxy) is 2. The van der Waals surface area contributed by atoms with Crippen LogP contribution in [0.2, 0.25) is 0 Å². The predicted molar refractivity (Wildman–Crippen MR) is 127 cm³/mol. The van der Waals surface area contributed by atoms with Gasteiger partial charge in [0.2, 0.25) is 0 Å². The molecule has 1 N–H and O–H groups in total. The highest BCUT2D eigenvalue weighted by molar-refractivity contribution is 5.69. The van der Waals surface area contributed by atoms with Gasteiger partial charge in [-0.15, -0.1) is 0 Å². The topological polar surface area (TPSA) is 62.2 Å². The first-order valence-electron chi connectivity index (χ1n) is 11.6. The molecular formula is C26H33FN2O4. The molecule has 2 aromatic rings. The van der Waals surface area contributed by atoms with Crippen LogP contribution >= 0.6 is 0 Å². The van der Waals surface area contributed by atoms with Gasteiger partial charge in [0, 0.05) is 49.3 Å². The number of nitrogens with zero attached hydrogens (tertiary/aromatic N) is 2. The van der Waals surface area contributed by atoms with Crippen molar-refractivity contribution in [2.24, 2.45) is 5.41 Å². The number of benzene rings is 2. The van der Waals surface area contributed by atoms with E-state index in [2.05, 4.69) is 23.6 Å². The first-order valence-corrected chi connectivity index (χ1v) is 11.6. The fourth-order valence-electron chi connectivity index (χ4n) is 5.09. The third-order valence-corrected chi connectivity index (χ3v) is 6.86. The molecule has 0 aromatic heterocycles. The number of rotatable bonds is 7. The lowest BCUT2D eigenvalue weighted by Gasteiger charge is -2.45. The maximum absolute atomic E-state index is 14.5. The molecular weight excluding hydrogens is 423 g/mol. The summed E-state index contributed by atoms with van der Waals surface area (Å²) in [4.78, 5) is 15.4. The molecule has 2 aromatic carbocycles. The molecule has 0 radical (unpaired) electrons. The van der Waals surface area contributed by atoms with Crippen LogP contribution in [0.25, 0.3) is 0 Å². The molecule has 2 saturated heterocycles. The monoisotopic (exact) mass is 456 g/mol. The second-order valence-electron chi connectivity index (χ2n) is 9.70. The first kappa shape index (κ1) is 23.2. The molecule has 1 unspecified atom stereocenters. The summed E-state index contributed by atoms with van der Waals surface area (Å²) in [6, 6.07) is 12.9. The van der Waals surface area contributed by atoms with Crippen molar-refractivity contribution in [3.63, 3.8) is 0 Å². The zero-order valence-electron chi connectivity index (χ0n) is 19.6. The van der Waals surface area contributed by atoms with Crippen LogP contribution in [0.15, 0.2) is 42.5 Å². The fourth-order valence-corrected chi connectivity index (χ4v) is 5.09. The molecule has 7 heteroatoms. The van der Waals surface area contributed by atoms with Gasteiger partial charge in [0.05, 0.1) is 19.2 Å². The van der Waals surface area contributed by atoms with Gasteiger partial charge in [0.1, 0.15) is 23.4 Å². The van der Waals surface area contributed by atoms with Gasteiger partial charge in [0.15, 0.2) is 0 Å². The largest absolute Gasteiger partial charge is 0.497 e. The SMILES string of the molecule is COc1ccc(F)c(N2CCC(Oc3ccc(N4CCC[C@@H]4CC(=O)O)cc3)C(C)(C)C2)c1. The van der Waals surface area contributed by atoms with E-state index in [0.29, 0.717) is 24.5 Å². The molecule has 33 heavy (non-hydrogen) atoms. The van der Waals surface area contributed by atoms with E-state index in [4.69, 9.17) is 14.6 Å². The second kappa shape index (κ2) is 9.49. The normalized spacial score (nSPS) is 22.3. The Balaban J connectivity index is 1.41. The summed E-state index contributed by atoms with van der Waals surface area (Å²) in [5.41, 5.74) is 1.41. The molecule has 2 aliphatic heterocycles. The number of carboxylic acid groups (broad SMARTS) is 1. The van der Waals surface area contributed by atoms with Crippen molar-refractivity contribution in [1.29, 1.82) is 0 Å². The summed E-state index contributed by atoms with van der Waals surface area (Å²) in [5.74, 6) is 0.442. The molecule has 0 spiro atoms. The summed E-state index contributed by atoms with van der Waals surface area (Å²) in [5, 5.41) is 9.17. The number of methoxy groups -OCH3 is 1. The van der Waals surface area contributed by atoms with Crippen molar-refractivity contribution >= 4 is 17.3 Å². The van der Waals surface area contributed by atoms with Crippen molar-refractivity contribution in [3.8, 4) is 11.5 Å². The zero-order valence-corrected chi connectivity index (χ0v) is 19.6. The number of halogens is 1. The molecule has 2 fully saturated rings. The Morgan fingerprint density at radius 3 is 2.52 bits per heavy atom. The van der Waals surface area contributed by atoms with Crippen molar-refractivity contribution in [3.05, 3.63) is 48.3 Å². The van der Waals surface area contributed by atoms with Crippen LogP contribution < -0.4 is 19.3 Å². The summed E-state index contributed by atoms with van der Waals surface area (Å²) in [6.07, 6.45) is 2.86. The lowest BCUT2D eigenvalue weighted by atomic mass is 9.80. The van der Waals surface area contributed by atoms with Crippen LogP contribution in [-0.2, 0) is 4.79 Å². The molecule has 2 heterocycles. The minimum atomic E-state index is -0.755. The fraction of sp³-hybridized carbons (Fsp3) is 0.500. The summed E-state index contributed by atoms with van der Waals surface area (Å²) in [6.45, 7) is 6.55. The highest BCUT2D eigenvalue weighted by Gasteiger charge is 2.38. The molecule has 178 valence electrons. The van der Waals surface area contributed by atoms with Gasteiger partial charge < -0.3 is 24.4 Å². The van der Waals surface area contributed by atoms with Gasteiger partial charge in [-0.2, -0.15) is 0 Å². The number of carboxylic acids is 1. The quantitative estimate of drug-likeness (QED) is 0.635. The molecule has 4 rings (SSSR count). The molecule has 2 aliphatic rings. The van der Waals surface area contributed by atoms with E-state index in [1.165, 1.54) is 6.07 Å². The van der Waals surface area contributed by atoms with Crippen LogP contribution in [0.4, 0.5) is 15.8 Å². The highest BCUT2D eigenvalue weighted by atomic mass is 19.1. The van der Waals surface area contributed by atoms with Gasteiger partial charge in [-0.3, -0.25) is 4.79 Å². The van der Waals surface area contributed by atoms with E-state index in [9.17, 15) is 9.18 Å². The van der Waals surface area contributed by atoms with Crippen molar-refractivity contribution < 1.29 is 23.8 Å². The summed E-state index contributed by atoms with van der Waals surface area (Å²) < 4.78 is 26.1. The van der Waals surface area contributed by atoms with Gasteiger partial charge in [-0.05, 0) is 49.2 Å². The van der Waals surface area contributed by atoms with E-state index in [0.717, 1.165) is 37.2 Å². The number of piperidine rings is 1. The smallest absolute Gasteiger partial charge is 0.305 e.